The van der Waals surface area contributed by atoms with E-state index in [2.05, 4.69) is 23.5 Å². The zero-order valence-corrected chi connectivity index (χ0v) is 11.8. The molecule has 2 N–H and O–H groups in total. The normalized spacial score (nSPS) is 17.8. The number of rotatable bonds is 7. The Bertz CT molecular complexity index is 386. The number of aliphatic hydroxyl groups excluding tert-OH is 1. The maximum Gasteiger partial charge on any atom is 0.0716 e. The van der Waals surface area contributed by atoms with E-state index in [9.17, 15) is 5.11 Å². The van der Waals surface area contributed by atoms with Gasteiger partial charge in [0.25, 0.3) is 0 Å². The van der Waals surface area contributed by atoms with E-state index in [-0.39, 0.29) is 5.41 Å². The quantitative estimate of drug-likeness (QED) is 0.794. The van der Waals surface area contributed by atoms with Crippen LogP contribution < -0.4 is 5.32 Å². The third-order valence-corrected chi connectivity index (χ3v) is 4.23. The van der Waals surface area contributed by atoms with Crippen molar-refractivity contribution in [3.8, 4) is 0 Å². The number of hydrogen-bond donors (Lipinski definition) is 2. The Morgan fingerprint density at radius 1 is 1.21 bits per heavy atom. The predicted octanol–water partition coefficient (Wildman–Crippen LogP) is 2.48. The molecule has 0 aromatic heterocycles. The maximum absolute atomic E-state index is 9.59. The lowest BCUT2D eigenvalue weighted by atomic mass is 9.87. The second-order valence-corrected chi connectivity index (χ2v) is 5.67. The molecule has 1 fully saturated rings. The van der Waals surface area contributed by atoms with Gasteiger partial charge in [0, 0.05) is 32.2 Å². The zero-order chi connectivity index (χ0) is 13.6. The molecule has 0 amide bonds. The largest absolute Gasteiger partial charge is 0.396 e. The first kappa shape index (κ1) is 14.5. The molecule has 1 aromatic carbocycles. The van der Waals surface area contributed by atoms with Gasteiger partial charge in [-0.1, -0.05) is 37.1 Å². The molecule has 0 aliphatic heterocycles. The van der Waals surface area contributed by atoms with Gasteiger partial charge in [-0.2, -0.15) is 0 Å². The van der Waals surface area contributed by atoms with Gasteiger partial charge < -0.3 is 15.2 Å². The lowest BCUT2D eigenvalue weighted by Gasteiger charge is -2.27. The van der Waals surface area contributed by atoms with Crippen molar-refractivity contribution in [3.63, 3.8) is 0 Å². The highest BCUT2D eigenvalue weighted by atomic mass is 16.5. The van der Waals surface area contributed by atoms with Crippen LogP contribution in [0.2, 0.25) is 0 Å². The maximum atomic E-state index is 9.59. The van der Waals surface area contributed by atoms with Crippen LogP contribution in [-0.2, 0) is 17.9 Å². The van der Waals surface area contributed by atoms with Crippen molar-refractivity contribution in [1.82, 2.24) is 5.32 Å². The standard InChI is InChI=1S/C16H25NO2/c1-19-11-15-7-3-2-6-14(15)10-17-12-16(13-18)8-4-5-9-16/h2-3,6-7,17-18H,4-5,8-13H2,1H3. The summed E-state index contributed by atoms with van der Waals surface area (Å²) in [7, 11) is 1.73. The molecule has 0 saturated heterocycles. The van der Waals surface area contributed by atoms with Crippen molar-refractivity contribution in [1.29, 1.82) is 0 Å². The SMILES string of the molecule is COCc1ccccc1CNCC1(CO)CCCC1. The number of nitrogens with one attached hydrogen (secondary N) is 1. The van der Waals surface area contributed by atoms with E-state index >= 15 is 0 Å². The molecule has 1 aliphatic carbocycles. The molecule has 1 aliphatic rings. The Hall–Kier alpha value is -0.900. The Balaban J connectivity index is 1.88. The van der Waals surface area contributed by atoms with Crippen LogP contribution in [0.5, 0.6) is 0 Å². The molecule has 1 saturated carbocycles. The van der Waals surface area contributed by atoms with Crippen LogP contribution >= 0.6 is 0 Å². The molecule has 2 rings (SSSR count). The number of benzene rings is 1. The van der Waals surface area contributed by atoms with Crippen molar-refractivity contribution in [2.24, 2.45) is 5.41 Å². The van der Waals surface area contributed by atoms with E-state index in [0.717, 1.165) is 25.9 Å². The molecule has 0 heterocycles. The van der Waals surface area contributed by atoms with Gasteiger partial charge in [-0.05, 0) is 24.0 Å². The van der Waals surface area contributed by atoms with Gasteiger partial charge in [0.1, 0.15) is 0 Å². The lowest BCUT2D eigenvalue weighted by Crippen LogP contribution is -2.35. The van der Waals surface area contributed by atoms with Crippen LogP contribution in [0.3, 0.4) is 0 Å². The van der Waals surface area contributed by atoms with Gasteiger partial charge in [-0.25, -0.2) is 0 Å². The summed E-state index contributed by atoms with van der Waals surface area (Å²) in [6, 6.07) is 8.36. The molecule has 3 nitrogen and oxygen atoms in total. The van der Waals surface area contributed by atoms with Gasteiger partial charge in [0.05, 0.1) is 6.61 Å². The van der Waals surface area contributed by atoms with Gasteiger partial charge in [-0.15, -0.1) is 0 Å². The van der Waals surface area contributed by atoms with Crippen LogP contribution in [0, 0.1) is 5.41 Å². The van der Waals surface area contributed by atoms with Crippen molar-refractivity contribution in [2.45, 2.75) is 38.8 Å². The number of methoxy groups -OCH3 is 1. The summed E-state index contributed by atoms with van der Waals surface area (Å²) in [6.45, 7) is 2.72. The van der Waals surface area contributed by atoms with Crippen LogP contribution in [0.1, 0.15) is 36.8 Å². The molecule has 0 unspecified atom stereocenters. The Kier molecular flexibility index (Phi) is 5.37. The van der Waals surface area contributed by atoms with Crippen molar-refractivity contribution < 1.29 is 9.84 Å². The second-order valence-electron chi connectivity index (χ2n) is 5.67. The van der Waals surface area contributed by atoms with Crippen molar-refractivity contribution >= 4 is 0 Å². The summed E-state index contributed by atoms with van der Waals surface area (Å²) >= 11 is 0. The molecule has 106 valence electrons. The molecule has 0 radical (unpaired) electrons. The van der Waals surface area contributed by atoms with Crippen LogP contribution in [0.15, 0.2) is 24.3 Å². The summed E-state index contributed by atoms with van der Waals surface area (Å²) in [4.78, 5) is 0. The highest BCUT2D eigenvalue weighted by Crippen LogP contribution is 2.36. The summed E-state index contributed by atoms with van der Waals surface area (Å²) in [5.41, 5.74) is 2.65. The van der Waals surface area contributed by atoms with Crippen molar-refractivity contribution in [2.75, 3.05) is 20.3 Å². The smallest absolute Gasteiger partial charge is 0.0716 e. The van der Waals surface area contributed by atoms with Gasteiger partial charge in [-0.3, -0.25) is 0 Å². The first-order valence-corrected chi connectivity index (χ1v) is 7.17. The fourth-order valence-electron chi connectivity index (χ4n) is 3.00. The first-order chi connectivity index (χ1) is 9.29. The average Bonchev–Trinajstić information content (AvgIpc) is 2.90. The van der Waals surface area contributed by atoms with E-state index < -0.39 is 0 Å². The van der Waals surface area contributed by atoms with Crippen molar-refractivity contribution in [3.05, 3.63) is 35.4 Å². The third kappa shape index (κ3) is 3.78. The molecule has 1 aromatic rings. The minimum atomic E-state index is 0.121. The summed E-state index contributed by atoms with van der Waals surface area (Å²) in [6.07, 6.45) is 4.80. The summed E-state index contributed by atoms with van der Waals surface area (Å²) < 4.78 is 5.22. The number of ether oxygens (including phenoxy) is 1. The minimum absolute atomic E-state index is 0.121. The highest BCUT2D eigenvalue weighted by Gasteiger charge is 2.32. The van der Waals surface area contributed by atoms with E-state index in [4.69, 9.17) is 4.74 Å². The molecule has 3 heteroatoms. The van der Waals surface area contributed by atoms with Gasteiger partial charge in [0.2, 0.25) is 0 Å². The molecule has 0 bridgehead atoms. The van der Waals surface area contributed by atoms with Crippen LogP contribution in [-0.4, -0.2) is 25.4 Å². The lowest BCUT2D eigenvalue weighted by molar-refractivity contribution is 0.128. The summed E-state index contributed by atoms with van der Waals surface area (Å²) in [5, 5.41) is 13.1. The van der Waals surface area contributed by atoms with Gasteiger partial charge >= 0.3 is 0 Å². The Labute approximate surface area is 116 Å². The van der Waals surface area contributed by atoms with Crippen LogP contribution in [0.4, 0.5) is 0 Å². The Morgan fingerprint density at radius 2 is 1.89 bits per heavy atom. The predicted molar refractivity (Wildman–Crippen MR) is 76.8 cm³/mol. The molecular formula is C16H25NO2. The van der Waals surface area contributed by atoms with E-state index in [0.29, 0.717) is 13.2 Å². The second kappa shape index (κ2) is 7.04. The topological polar surface area (TPSA) is 41.5 Å². The fraction of sp³-hybridized carbons (Fsp3) is 0.625. The van der Waals surface area contributed by atoms with E-state index in [1.165, 1.54) is 24.0 Å². The first-order valence-electron chi connectivity index (χ1n) is 7.17. The summed E-state index contributed by atoms with van der Waals surface area (Å²) in [5.74, 6) is 0. The number of aliphatic hydroxyl groups is 1. The van der Waals surface area contributed by atoms with Gasteiger partial charge in [0.15, 0.2) is 0 Å². The van der Waals surface area contributed by atoms with Crippen LogP contribution in [0.25, 0.3) is 0 Å². The molecular weight excluding hydrogens is 238 g/mol. The monoisotopic (exact) mass is 263 g/mol. The third-order valence-electron chi connectivity index (χ3n) is 4.23. The molecule has 19 heavy (non-hydrogen) atoms. The fourth-order valence-corrected chi connectivity index (χ4v) is 3.00. The average molecular weight is 263 g/mol. The number of hydrogen-bond acceptors (Lipinski definition) is 3. The highest BCUT2D eigenvalue weighted by molar-refractivity contribution is 5.26. The van der Waals surface area contributed by atoms with E-state index in [1.54, 1.807) is 7.11 Å². The molecule has 0 atom stereocenters. The zero-order valence-electron chi connectivity index (χ0n) is 11.8. The minimum Gasteiger partial charge on any atom is -0.396 e. The molecule has 0 spiro atoms. The Morgan fingerprint density at radius 3 is 2.53 bits per heavy atom. The van der Waals surface area contributed by atoms with E-state index in [1.807, 2.05) is 6.07 Å².